The zero-order chi connectivity index (χ0) is 21.5. The first-order chi connectivity index (χ1) is 14.5. The minimum Gasteiger partial charge on any atom is -0.355 e. The second kappa shape index (κ2) is 11.2. The molecular formula is C21H32ClN5O2S. The highest BCUT2D eigenvalue weighted by molar-refractivity contribution is 7.99. The number of carbonyl (C=O) groups excluding carboxylic acids is 2. The van der Waals surface area contributed by atoms with Crippen LogP contribution >= 0.6 is 23.4 Å². The van der Waals surface area contributed by atoms with Crippen LogP contribution in [0.2, 0.25) is 5.15 Å². The van der Waals surface area contributed by atoms with E-state index >= 15 is 0 Å². The van der Waals surface area contributed by atoms with Crippen molar-refractivity contribution in [2.45, 2.75) is 63.6 Å². The van der Waals surface area contributed by atoms with Crippen molar-refractivity contribution >= 4 is 41.0 Å². The van der Waals surface area contributed by atoms with Gasteiger partial charge in [0.25, 0.3) is 0 Å². The van der Waals surface area contributed by atoms with Gasteiger partial charge in [0.1, 0.15) is 11.0 Å². The third kappa shape index (κ3) is 6.74. The number of hydrogen-bond acceptors (Lipinski definition) is 6. The van der Waals surface area contributed by atoms with E-state index in [0.29, 0.717) is 35.9 Å². The van der Waals surface area contributed by atoms with Crippen molar-refractivity contribution in [2.75, 3.05) is 36.8 Å². The normalized spacial score (nSPS) is 19.1. The fourth-order valence-electron chi connectivity index (χ4n) is 3.63. The topological polar surface area (TPSA) is 78.4 Å². The second-order valence-corrected chi connectivity index (χ2v) is 9.46. The third-order valence-electron chi connectivity index (χ3n) is 5.51. The molecule has 9 heteroatoms. The van der Waals surface area contributed by atoms with E-state index in [1.165, 1.54) is 24.6 Å². The second-order valence-electron chi connectivity index (χ2n) is 8.13. The van der Waals surface area contributed by atoms with Crippen molar-refractivity contribution in [3.8, 4) is 0 Å². The van der Waals surface area contributed by atoms with E-state index in [2.05, 4.69) is 34.0 Å². The van der Waals surface area contributed by atoms with Gasteiger partial charge in [-0.25, -0.2) is 9.97 Å². The average molecular weight is 454 g/mol. The zero-order valence-corrected chi connectivity index (χ0v) is 19.5. The number of nitrogens with one attached hydrogen (secondary N) is 1. The van der Waals surface area contributed by atoms with Crippen molar-refractivity contribution in [2.24, 2.45) is 5.92 Å². The SMILES string of the molecule is CCCCCCNC(=O)CSc1nc(Cl)cc(N2CCN(C(=O)C3CC3)C(C)C2)n1. The molecule has 2 heterocycles. The predicted molar refractivity (Wildman–Crippen MR) is 121 cm³/mol. The van der Waals surface area contributed by atoms with Crippen molar-refractivity contribution in [3.63, 3.8) is 0 Å². The number of carbonyl (C=O) groups is 2. The molecule has 7 nitrogen and oxygen atoms in total. The van der Waals surface area contributed by atoms with Crippen LogP contribution in [0.5, 0.6) is 0 Å². The number of unbranched alkanes of at least 4 members (excludes halogenated alkanes) is 3. The van der Waals surface area contributed by atoms with Crippen molar-refractivity contribution < 1.29 is 9.59 Å². The van der Waals surface area contributed by atoms with Gasteiger partial charge in [-0.3, -0.25) is 9.59 Å². The van der Waals surface area contributed by atoms with Gasteiger partial charge < -0.3 is 15.1 Å². The maximum Gasteiger partial charge on any atom is 0.230 e. The molecule has 2 aliphatic rings. The summed E-state index contributed by atoms with van der Waals surface area (Å²) >= 11 is 7.52. The Morgan fingerprint density at radius 3 is 2.73 bits per heavy atom. The minimum atomic E-state index is -0.0116. The number of hydrogen-bond donors (Lipinski definition) is 1. The van der Waals surface area contributed by atoms with Gasteiger partial charge in [0.15, 0.2) is 5.16 Å². The quantitative estimate of drug-likeness (QED) is 0.253. The van der Waals surface area contributed by atoms with Gasteiger partial charge in [0.05, 0.1) is 5.75 Å². The first-order valence-corrected chi connectivity index (χ1v) is 12.3. The number of rotatable bonds is 10. The molecule has 1 aromatic rings. The predicted octanol–water partition coefficient (Wildman–Crippen LogP) is 3.37. The third-order valence-corrected chi connectivity index (χ3v) is 6.55. The van der Waals surface area contributed by atoms with Crippen LogP contribution in [0.15, 0.2) is 11.2 Å². The molecule has 1 atom stereocenters. The summed E-state index contributed by atoms with van der Waals surface area (Å²) in [5.41, 5.74) is 0. The summed E-state index contributed by atoms with van der Waals surface area (Å²) in [6.45, 7) is 7.09. The summed E-state index contributed by atoms with van der Waals surface area (Å²) in [4.78, 5) is 37.5. The summed E-state index contributed by atoms with van der Waals surface area (Å²) < 4.78 is 0. The van der Waals surface area contributed by atoms with Gasteiger partial charge >= 0.3 is 0 Å². The lowest BCUT2D eigenvalue weighted by molar-refractivity contribution is -0.135. The molecule has 3 rings (SSSR count). The zero-order valence-electron chi connectivity index (χ0n) is 17.9. The number of thioether (sulfide) groups is 1. The minimum absolute atomic E-state index is 0.0116. The van der Waals surface area contributed by atoms with Gasteiger partial charge in [-0.05, 0) is 26.2 Å². The molecule has 1 saturated carbocycles. The molecule has 1 saturated heterocycles. The van der Waals surface area contributed by atoms with E-state index in [-0.39, 0.29) is 23.6 Å². The molecule has 30 heavy (non-hydrogen) atoms. The summed E-state index contributed by atoms with van der Waals surface area (Å²) in [5, 5.41) is 3.81. The van der Waals surface area contributed by atoms with E-state index < -0.39 is 0 Å². The lowest BCUT2D eigenvalue weighted by atomic mass is 10.1. The van der Waals surface area contributed by atoms with Crippen molar-refractivity contribution in [1.82, 2.24) is 20.2 Å². The van der Waals surface area contributed by atoms with Crippen LogP contribution in [0.1, 0.15) is 52.4 Å². The number of piperazine rings is 1. The van der Waals surface area contributed by atoms with Crippen molar-refractivity contribution in [3.05, 3.63) is 11.2 Å². The Morgan fingerprint density at radius 2 is 2.03 bits per heavy atom. The van der Waals surface area contributed by atoms with Crippen molar-refractivity contribution in [1.29, 1.82) is 0 Å². The highest BCUT2D eigenvalue weighted by atomic mass is 35.5. The summed E-state index contributed by atoms with van der Waals surface area (Å²) in [6, 6.07) is 1.89. The first kappa shape index (κ1) is 23.1. The molecular weight excluding hydrogens is 422 g/mol. The molecule has 0 spiro atoms. The lowest BCUT2D eigenvalue weighted by Gasteiger charge is -2.40. The number of nitrogens with zero attached hydrogens (tertiary/aromatic N) is 4. The Balaban J connectivity index is 1.50. The van der Waals surface area contributed by atoms with Crippen LogP contribution in [-0.4, -0.2) is 64.7 Å². The highest BCUT2D eigenvalue weighted by Gasteiger charge is 2.37. The molecule has 2 fully saturated rings. The molecule has 1 N–H and O–H groups in total. The molecule has 0 aromatic carbocycles. The number of amides is 2. The van der Waals surface area contributed by atoms with Gasteiger partial charge in [0.2, 0.25) is 11.8 Å². The van der Waals surface area contributed by atoms with Gasteiger partial charge in [0, 0.05) is 44.2 Å². The van der Waals surface area contributed by atoms with Gasteiger partial charge in [-0.1, -0.05) is 49.5 Å². The lowest BCUT2D eigenvalue weighted by Crippen LogP contribution is -2.54. The monoisotopic (exact) mass is 453 g/mol. The van der Waals surface area contributed by atoms with E-state index in [4.69, 9.17) is 11.6 Å². The smallest absolute Gasteiger partial charge is 0.230 e. The van der Waals surface area contributed by atoms with Gasteiger partial charge in [-0.15, -0.1) is 0 Å². The number of anilines is 1. The fraction of sp³-hybridized carbons (Fsp3) is 0.714. The summed E-state index contributed by atoms with van der Waals surface area (Å²) in [6.07, 6.45) is 6.59. The Labute approximate surface area is 188 Å². The number of halogens is 1. The van der Waals surface area contributed by atoms with Crippen LogP contribution in [-0.2, 0) is 9.59 Å². The van der Waals surface area contributed by atoms with Crippen LogP contribution in [0.25, 0.3) is 0 Å². The number of aromatic nitrogens is 2. The molecule has 0 bridgehead atoms. The van der Waals surface area contributed by atoms with E-state index in [0.717, 1.165) is 38.0 Å². The van der Waals surface area contributed by atoms with E-state index in [1.54, 1.807) is 6.07 Å². The van der Waals surface area contributed by atoms with E-state index in [9.17, 15) is 9.59 Å². The van der Waals surface area contributed by atoms with Crippen LogP contribution < -0.4 is 10.2 Å². The van der Waals surface area contributed by atoms with Crippen LogP contribution in [0, 0.1) is 5.92 Å². The highest BCUT2D eigenvalue weighted by Crippen LogP contribution is 2.32. The summed E-state index contributed by atoms with van der Waals surface area (Å²) in [7, 11) is 0. The Hall–Kier alpha value is -1.54. The molecule has 166 valence electrons. The molecule has 0 radical (unpaired) electrons. The Bertz CT molecular complexity index is 746. The van der Waals surface area contributed by atoms with Crippen LogP contribution in [0.3, 0.4) is 0 Å². The average Bonchev–Trinajstić information content (AvgIpc) is 3.56. The van der Waals surface area contributed by atoms with E-state index in [1.807, 2.05) is 4.90 Å². The maximum atomic E-state index is 12.4. The maximum absolute atomic E-state index is 12.4. The molecule has 1 unspecified atom stereocenters. The largest absolute Gasteiger partial charge is 0.355 e. The van der Waals surface area contributed by atoms with Crippen LogP contribution in [0.4, 0.5) is 5.82 Å². The molecule has 2 amide bonds. The molecule has 1 aromatic heterocycles. The Kier molecular flexibility index (Phi) is 8.62. The molecule has 1 aliphatic heterocycles. The van der Waals surface area contributed by atoms with Gasteiger partial charge in [-0.2, -0.15) is 0 Å². The summed E-state index contributed by atoms with van der Waals surface area (Å²) in [5.74, 6) is 1.55. The molecule has 1 aliphatic carbocycles. The Morgan fingerprint density at radius 1 is 1.23 bits per heavy atom. The fourth-order valence-corrected chi connectivity index (χ4v) is 4.54. The standard InChI is InChI=1S/C21H32ClN5O2S/c1-3-4-5-6-9-23-19(28)14-30-21-24-17(22)12-18(25-21)26-10-11-27(15(2)13-26)20(29)16-7-8-16/h12,15-16H,3-11,13-14H2,1-2H3,(H,23,28). The first-order valence-electron chi connectivity index (χ1n) is 11.0.